The fourth-order valence-corrected chi connectivity index (χ4v) is 9.17. The van der Waals surface area contributed by atoms with E-state index in [4.69, 9.17) is 10.2 Å². The molecule has 0 bridgehead atoms. The van der Waals surface area contributed by atoms with Crippen LogP contribution in [0.25, 0.3) is 110 Å². The molecule has 0 aliphatic rings. The van der Waals surface area contributed by atoms with Crippen LogP contribution < -0.4 is 5.73 Å². The van der Waals surface area contributed by atoms with E-state index in [0.717, 1.165) is 93.0 Å². The van der Waals surface area contributed by atoms with Crippen molar-refractivity contribution in [2.45, 2.75) is 6.92 Å². The fraction of sp³-hybridized carbons (Fsp3) is 0.0189. The number of phenolic OH excluding ortho intramolecular Hbond substituents is 3. The smallest absolute Gasteiger partial charge is 0.203 e. The SMILES string of the molecule is Cc1c(N)c(O)c(O)c(O)c1-c1c2ccccc2c(-c2ccc3c(c2)oc2c(-c4ccccc4)cccc23)c2ccc(-c3cc4ccccc4c4ccccc34)cc12. The van der Waals surface area contributed by atoms with E-state index >= 15 is 0 Å². The molecule has 1 heterocycles. The van der Waals surface area contributed by atoms with Gasteiger partial charge < -0.3 is 25.5 Å². The molecule has 11 aromatic rings. The van der Waals surface area contributed by atoms with Crippen molar-refractivity contribution in [2.24, 2.45) is 0 Å². The van der Waals surface area contributed by atoms with Crippen LogP contribution in [-0.2, 0) is 0 Å². The predicted octanol–water partition coefficient (Wildman–Crippen LogP) is 13.9. The number of rotatable bonds is 4. The van der Waals surface area contributed by atoms with Crippen LogP contribution in [0, 0.1) is 6.92 Å². The van der Waals surface area contributed by atoms with E-state index in [1.165, 1.54) is 5.39 Å². The Labute approximate surface area is 333 Å². The second-order valence-corrected chi connectivity index (χ2v) is 15.1. The quantitative estimate of drug-likeness (QED) is 0.0472. The lowest BCUT2D eigenvalue weighted by Crippen LogP contribution is -1.98. The predicted molar refractivity (Wildman–Crippen MR) is 240 cm³/mol. The lowest BCUT2D eigenvalue weighted by Gasteiger charge is -2.22. The third-order valence-electron chi connectivity index (χ3n) is 11.9. The minimum Gasteiger partial charge on any atom is -0.504 e. The van der Waals surface area contributed by atoms with Crippen molar-refractivity contribution in [2.75, 3.05) is 5.73 Å². The number of furan rings is 1. The summed E-state index contributed by atoms with van der Waals surface area (Å²) in [7, 11) is 0. The number of hydrogen-bond donors (Lipinski definition) is 4. The van der Waals surface area contributed by atoms with Crippen molar-refractivity contribution in [3.8, 4) is 61.8 Å². The van der Waals surface area contributed by atoms with Gasteiger partial charge in [-0.05, 0) is 108 Å². The summed E-state index contributed by atoms with van der Waals surface area (Å²) in [5, 5.41) is 43.7. The average molecular weight is 750 g/mol. The van der Waals surface area contributed by atoms with E-state index in [0.29, 0.717) is 16.7 Å². The molecule has 0 aliphatic carbocycles. The molecule has 5 heteroatoms. The molecule has 11 rings (SSSR count). The van der Waals surface area contributed by atoms with Gasteiger partial charge in [0.2, 0.25) is 5.75 Å². The molecule has 0 saturated carbocycles. The van der Waals surface area contributed by atoms with Crippen LogP contribution in [-0.4, -0.2) is 15.3 Å². The normalized spacial score (nSPS) is 11.8. The van der Waals surface area contributed by atoms with Gasteiger partial charge in [-0.3, -0.25) is 0 Å². The third-order valence-corrected chi connectivity index (χ3v) is 11.9. The molecule has 0 radical (unpaired) electrons. The van der Waals surface area contributed by atoms with Crippen LogP contribution >= 0.6 is 0 Å². The summed E-state index contributed by atoms with van der Waals surface area (Å²) in [4.78, 5) is 0. The molecule has 0 atom stereocenters. The summed E-state index contributed by atoms with van der Waals surface area (Å²) >= 11 is 0. The van der Waals surface area contributed by atoms with Crippen LogP contribution in [0.1, 0.15) is 5.56 Å². The molecule has 0 amide bonds. The van der Waals surface area contributed by atoms with Crippen molar-refractivity contribution in [3.05, 3.63) is 169 Å². The maximum Gasteiger partial charge on any atom is 0.203 e. The van der Waals surface area contributed by atoms with Gasteiger partial charge in [0.15, 0.2) is 11.5 Å². The van der Waals surface area contributed by atoms with Gasteiger partial charge in [0.05, 0.1) is 5.69 Å². The summed E-state index contributed by atoms with van der Waals surface area (Å²) < 4.78 is 6.74. The highest BCUT2D eigenvalue weighted by molar-refractivity contribution is 6.24. The van der Waals surface area contributed by atoms with Gasteiger partial charge in [-0.25, -0.2) is 0 Å². The third kappa shape index (κ3) is 4.83. The lowest BCUT2D eigenvalue weighted by atomic mass is 9.82. The monoisotopic (exact) mass is 749 g/mol. The number of fused-ring (bicyclic) bond motifs is 8. The summed E-state index contributed by atoms with van der Waals surface area (Å²) in [6.07, 6.45) is 0. The van der Waals surface area contributed by atoms with Crippen LogP contribution in [0.4, 0.5) is 5.69 Å². The summed E-state index contributed by atoms with van der Waals surface area (Å²) in [6.45, 7) is 1.76. The van der Waals surface area contributed by atoms with E-state index in [2.05, 4.69) is 127 Å². The van der Waals surface area contributed by atoms with Crippen molar-refractivity contribution >= 4 is 70.7 Å². The van der Waals surface area contributed by atoms with E-state index < -0.39 is 17.2 Å². The molecule has 0 saturated heterocycles. The maximum absolute atomic E-state index is 11.7. The zero-order chi connectivity index (χ0) is 39.2. The van der Waals surface area contributed by atoms with Gasteiger partial charge in [-0.15, -0.1) is 0 Å². The van der Waals surface area contributed by atoms with Gasteiger partial charge in [0.25, 0.3) is 0 Å². The number of hydrogen-bond acceptors (Lipinski definition) is 5. The van der Waals surface area contributed by atoms with E-state index in [-0.39, 0.29) is 5.69 Å². The topological polar surface area (TPSA) is 99.9 Å². The molecule has 0 fully saturated rings. The average Bonchev–Trinajstić information content (AvgIpc) is 3.65. The number of para-hydroxylation sites is 1. The number of aromatic hydroxyl groups is 3. The van der Waals surface area contributed by atoms with Gasteiger partial charge in [0, 0.05) is 27.5 Å². The van der Waals surface area contributed by atoms with Gasteiger partial charge >= 0.3 is 0 Å². The molecule has 0 unspecified atom stereocenters. The molecule has 276 valence electrons. The molecule has 58 heavy (non-hydrogen) atoms. The molecule has 5 N–H and O–H groups in total. The first-order chi connectivity index (χ1) is 28.4. The van der Waals surface area contributed by atoms with Crippen molar-refractivity contribution in [3.63, 3.8) is 0 Å². The number of anilines is 1. The van der Waals surface area contributed by atoms with E-state index in [1.807, 2.05) is 36.4 Å². The Morgan fingerprint density at radius 3 is 1.81 bits per heavy atom. The second-order valence-electron chi connectivity index (χ2n) is 15.1. The molecule has 1 aromatic heterocycles. The van der Waals surface area contributed by atoms with E-state index in [9.17, 15) is 15.3 Å². The summed E-state index contributed by atoms with van der Waals surface area (Å²) in [5.41, 5.74) is 15.8. The van der Waals surface area contributed by atoms with Crippen LogP contribution in [0.2, 0.25) is 0 Å². The van der Waals surface area contributed by atoms with Crippen LogP contribution in [0.15, 0.2) is 168 Å². The Bertz CT molecular complexity index is 3480. The molecule has 10 aromatic carbocycles. The molecular formula is C53H35NO4. The summed E-state index contributed by atoms with van der Waals surface area (Å²) in [5.74, 6) is -1.62. The zero-order valence-electron chi connectivity index (χ0n) is 31.4. The first-order valence-electron chi connectivity index (χ1n) is 19.3. The number of nitrogen functional groups attached to an aromatic ring is 1. The lowest BCUT2D eigenvalue weighted by molar-refractivity contribution is 0.370. The largest absolute Gasteiger partial charge is 0.504 e. The molecular weight excluding hydrogens is 715 g/mol. The molecule has 5 nitrogen and oxygen atoms in total. The van der Waals surface area contributed by atoms with Crippen molar-refractivity contribution < 1.29 is 19.7 Å². The standard InChI is InChI=1S/C53H35NO4/c1-29-46(50(55)52(57)51(56)49(29)54)48-40-19-10-9-18-39(40)47(33-23-24-38-42-21-11-20-35(30-12-3-2-4-13-30)53(42)58-45(38)28-33)41-25-22-32(27-44(41)48)43-26-31-14-5-6-15-34(31)36-16-7-8-17-37(36)43/h2-28,55-57H,54H2,1H3. The Hall–Kier alpha value is -7.76. The van der Waals surface area contributed by atoms with Gasteiger partial charge in [0.1, 0.15) is 11.2 Å². The highest BCUT2D eigenvalue weighted by Crippen LogP contribution is 2.54. The Morgan fingerprint density at radius 1 is 0.397 bits per heavy atom. The van der Waals surface area contributed by atoms with E-state index in [1.54, 1.807) is 6.92 Å². The maximum atomic E-state index is 11.7. The van der Waals surface area contributed by atoms with Crippen LogP contribution in [0.5, 0.6) is 17.2 Å². The van der Waals surface area contributed by atoms with Gasteiger partial charge in [-0.1, -0.05) is 140 Å². The number of phenols is 3. The summed E-state index contributed by atoms with van der Waals surface area (Å²) in [6, 6.07) is 56.8. The highest BCUT2D eigenvalue weighted by atomic mass is 16.3. The molecule has 0 aliphatic heterocycles. The van der Waals surface area contributed by atoms with Crippen molar-refractivity contribution in [1.29, 1.82) is 0 Å². The number of benzene rings is 10. The highest BCUT2D eigenvalue weighted by Gasteiger charge is 2.26. The minimum absolute atomic E-state index is 0.00787. The Kier molecular flexibility index (Phi) is 7.31. The minimum atomic E-state index is -0.652. The fourth-order valence-electron chi connectivity index (χ4n) is 9.17. The first-order valence-corrected chi connectivity index (χ1v) is 19.3. The number of nitrogens with two attached hydrogens (primary N) is 1. The zero-order valence-corrected chi connectivity index (χ0v) is 31.4. The molecule has 0 spiro atoms. The second kappa shape index (κ2) is 12.6. The van der Waals surface area contributed by atoms with Gasteiger partial charge in [-0.2, -0.15) is 0 Å². The van der Waals surface area contributed by atoms with Crippen molar-refractivity contribution in [1.82, 2.24) is 0 Å². The van der Waals surface area contributed by atoms with Crippen LogP contribution in [0.3, 0.4) is 0 Å². The first kappa shape index (κ1) is 33.6. The Morgan fingerprint density at radius 2 is 1.02 bits per heavy atom. The Balaban J connectivity index is 1.25.